The highest BCUT2D eigenvalue weighted by molar-refractivity contribution is 14.0. The lowest BCUT2D eigenvalue weighted by Crippen LogP contribution is -2.48. The lowest BCUT2D eigenvalue weighted by atomic mass is 10.0. The van der Waals surface area contributed by atoms with Gasteiger partial charge in [-0.25, -0.2) is 4.79 Å². The Bertz CT molecular complexity index is 491. The Kier molecular flexibility index (Phi) is 13.8. The number of amides is 1. The number of halogens is 1. The van der Waals surface area contributed by atoms with E-state index >= 15 is 0 Å². The molecule has 1 heterocycles. The number of nitrogens with one attached hydrogen (secondary N) is 2. The van der Waals surface area contributed by atoms with Gasteiger partial charge >= 0.3 is 6.09 Å². The largest absolute Gasteiger partial charge is 0.444 e. The first-order chi connectivity index (χ1) is 13.1. The van der Waals surface area contributed by atoms with Gasteiger partial charge in [-0.15, -0.1) is 24.0 Å². The maximum absolute atomic E-state index is 12.0. The van der Waals surface area contributed by atoms with Gasteiger partial charge in [-0.3, -0.25) is 9.89 Å². The average molecular weight is 527 g/mol. The minimum atomic E-state index is -0.486. The van der Waals surface area contributed by atoms with Crippen molar-refractivity contribution in [1.82, 2.24) is 20.4 Å². The first-order valence-electron chi connectivity index (χ1n) is 10.4. The van der Waals surface area contributed by atoms with E-state index in [4.69, 9.17) is 14.5 Å². The number of hydrogen-bond donors (Lipinski definition) is 2. The Morgan fingerprint density at radius 2 is 1.86 bits per heavy atom. The topological polar surface area (TPSA) is 78.4 Å². The molecular formula is C20H42IN5O3. The van der Waals surface area contributed by atoms with Crippen LogP contribution < -0.4 is 10.6 Å². The van der Waals surface area contributed by atoms with Crippen LogP contribution in [-0.2, 0) is 9.47 Å². The van der Waals surface area contributed by atoms with E-state index in [0.29, 0.717) is 25.0 Å². The summed E-state index contributed by atoms with van der Waals surface area (Å²) >= 11 is 0. The van der Waals surface area contributed by atoms with Gasteiger partial charge in [0, 0.05) is 45.8 Å². The first-order valence-corrected chi connectivity index (χ1v) is 10.4. The van der Waals surface area contributed by atoms with E-state index in [-0.39, 0.29) is 30.1 Å². The molecule has 0 bridgehead atoms. The van der Waals surface area contributed by atoms with Crippen molar-refractivity contribution in [3.05, 3.63) is 0 Å². The highest BCUT2D eigenvalue weighted by Crippen LogP contribution is 2.13. The second-order valence-electron chi connectivity index (χ2n) is 8.51. The van der Waals surface area contributed by atoms with Gasteiger partial charge in [0.1, 0.15) is 5.60 Å². The van der Waals surface area contributed by atoms with E-state index in [1.54, 1.807) is 11.9 Å². The minimum absolute atomic E-state index is 0. The molecule has 1 aliphatic rings. The maximum Gasteiger partial charge on any atom is 0.410 e. The number of aliphatic imine (C=N–C) groups is 1. The molecule has 29 heavy (non-hydrogen) atoms. The molecule has 0 radical (unpaired) electrons. The molecule has 0 aromatic rings. The molecular weight excluding hydrogens is 485 g/mol. The summed E-state index contributed by atoms with van der Waals surface area (Å²) in [5.41, 5.74) is -0.486. The van der Waals surface area contributed by atoms with Crippen LogP contribution in [0, 0.1) is 5.92 Å². The maximum atomic E-state index is 12.0. The summed E-state index contributed by atoms with van der Waals surface area (Å²) in [6.45, 7) is 18.3. The van der Waals surface area contributed by atoms with Crippen molar-refractivity contribution in [3.63, 3.8) is 0 Å². The molecule has 2 N–H and O–H groups in total. The van der Waals surface area contributed by atoms with Gasteiger partial charge in [0.15, 0.2) is 5.96 Å². The molecule has 0 spiro atoms. The quantitative estimate of drug-likeness (QED) is 0.287. The lowest BCUT2D eigenvalue weighted by Gasteiger charge is -2.36. The number of likely N-dealkylation sites (N-methyl/N-ethyl adjacent to an activating group) is 1. The fourth-order valence-corrected chi connectivity index (χ4v) is 2.96. The monoisotopic (exact) mass is 527 g/mol. The van der Waals surface area contributed by atoms with Gasteiger partial charge in [-0.05, 0) is 33.6 Å². The normalized spacial score (nSPS) is 16.8. The van der Waals surface area contributed by atoms with E-state index in [0.717, 1.165) is 45.4 Å². The third-order valence-corrected chi connectivity index (χ3v) is 4.51. The molecule has 1 aliphatic heterocycles. The zero-order valence-electron chi connectivity index (χ0n) is 19.3. The Morgan fingerprint density at radius 3 is 2.38 bits per heavy atom. The van der Waals surface area contributed by atoms with Crippen LogP contribution in [0.4, 0.5) is 4.79 Å². The zero-order valence-corrected chi connectivity index (χ0v) is 21.6. The predicted octanol–water partition coefficient (Wildman–Crippen LogP) is 2.38. The summed E-state index contributed by atoms with van der Waals surface area (Å²) in [6.07, 6.45) is -0.316. The minimum Gasteiger partial charge on any atom is -0.444 e. The second-order valence-corrected chi connectivity index (χ2v) is 8.51. The highest BCUT2D eigenvalue weighted by atomic mass is 127. The van der Waals surface area contributed by atoms with Crippen molar-refractivity contribution in [3.8, 4) is 0 Å². The third kappa shape index (κ3) is 11.8. The van der Waals surface area contributed by atoms with Crippen molar-refractivity contribution in [1.29, 1.82) is 0 Å². The SMILES string of the molecule is CCNC(=NCC(C(C)C)N1CCOCC1)NCCN(C)C(=O)OC(C)(C)C.I. The molecule has 172 valence electrons. The van der Waals surface area contributed by atoms with Crippen molar-refractivity contribution < 1.29 is 14.3 Å². The van der Waals surface area contributed by atoms with Crippen LogP contribution in [0.25, 0.3) is 0 Å². The third-order valence-electron chi connectivity index (χ3n) is 4.51. The summed E-state index contributed by atoms with van der Waals surface area (Å²) in [4.78, 5) is 20.9. The summed E-state index contributed by atoms with van der Waals surface area (Å²) in [5, 5.41) is 6.59. The fraction of sp³-hybridized carbons (Fsp3) is 0.900. The second kappa shape index (κ2) is 14.2. The Balaban J connectivity index is 0.00000784. The number of guanidine groups is 1. The highest BCUT2D eigenvalue weighted by Gasteiger charge is 2.23. The molecule has 0 aliphatic carbocycles. The Labute approximate surface area is 194 Å². The van der Waals surface area contributed by atoms with E-state index in [1.807, 2.05) is 27.7 Å². The van der Waals surface area contributed by atoms with Gasteiger partial charge in [0.05, 0.1) is 19.8 Å². The smallest absolute Gasteiger partial charge is 0.410 e. The lowest BCUT2D eigenvalue weighted by molar-refractivity contribution is 0.00866. The molecule has 1 unspecified atom stereocenters. The zero-order chi connectivity index (χ0) is 21.2. The van der Waals surface area contributed by atoms with Crippen molar-refractivity contribution in [2.45, 2.75) is 53.2 Å². The number of hydrogen-bond acceptors (Lipinski definition) is 5. The van der Waals surface area contributed by atoms with E-state index in [2.05, 4.69) is 29.4 Å². The van der Waals surface area contributed by atoms with Crippen molar-refractivity contribution in [2.75, 3.05) is 59.5 Å². The average Bonchev–Trinajstić information content (AvgIpc) is 2.60. The van der Waals surface area contributed by atoms with Gasteiger partial charge in [0.2, 0.25) is 0 Å². The molecule has 8 nitrogen and oxygen atoms in total. The van der Waals surface area contributed by atoms with E-state index < -0.39 is 5.60 Å². The van der Waals surface area contributed by atoms with Crippen LogP contribution in [-0.4, -0.2) is 93.0 Å². The van der Waals surface area contributed by atoms with Crippen LogP contribution in [0.15, 0.2) is 4.99 Å². The number of nitrogens with zero attached hydrogens (tertiary/aromatic N) is 3. The summed E-state index contributed by atoms with van der Waals surface area (Å²) in [6, 6.07) is 0.392. The number of rotatable bonds is 8. The Morgan fingerprint density at radius 1 is 1.24 bits per heavy atom. The molecule has 1 rings (SSSR count). The van der Waals surface area contributed by atoms with Gasteiger partial charge in [-0.2, -0.15) is 0 Å². The van der Waals surface area contributed by atoms with Crippen molar-refractivity contribution >= 4 is 36.0 Å². The molecule has 1 saturated heterocycles. The predicted molar refractivity (Wildman–Crippen MR) is 129 cm³/mol. The number of carbonyl (C=O) groups is 1. The standard InChI is InChI=1S/C20H41N5O3.HI/c1-8-21-18(22-9-10-24(7)19(26)28-20(4,5)6)23-15-17(16(2)3)25-11-13-27-14-12-25;/h16-17H,8-15H2,1-7H3,(H2,21,22,23);1H. The number of carbonyl (C=O) groups excluding carboxylic acids is 1. The van der Waals surface area contributed by atoms with Crippen LogP contribution in [0.2, 0.25) is 0 Å². The van der Waals surface area contributed by atoms with Crippen LogP contribution >= 0.6 is 24.0 Å². The molecule has 0 aromatic carbocycles. The van der Waals surface area contributed by atoms with Gasteiger partial charge in [0.25, 0.3) is 0 Å². The molecule has 1 atom stereocenters. The first kappa shape index (κ1) is 28.2. The Hall–Kier alpha value is -0.810. The van der Waals surface area contributed by atoms with Crippen LogP contribution in [0.5, 0.6) is 0 Å². The van der Waals surface area contributed by atoms with Crippen LogP contribution in [0.3, 0.4) is 0 Å². The van der Waals surface area contributed by atoms with Crippen molar-refractivity contribution in [2.24, 2.45) is 10.9 Å². The van der Waals surface area contributed by atoms with Gasteiger partial charge < -0.3 is 25.0 Å². The molecule has 0 saturated carbocycles. The summed E-state index contributed by atoms with van der Waals surface area (Å²) in [7, 11) is 1.74. The summed E-state index contributed by atoms with van der Waals surface area (Å²) < 4.78 is 10.8. The van der Waals surface area contributed by atoms with Gasteiger partial charge in [-0.1, -0.05) is 13.8 Å². The number of ether oxygens (including phenoxy) is 2. The molecule has 1 fully saturated rings. The summed E-state index contributed by atoms with van der Waals surface area (Å²) in [5.74, 6) is 1.29. The molecule has 0 aromatic heterocycles. The number of morpholine rings is 1. The van der Waals surface area contributed by atoms with E-state index in [9.17, 15) is 4.79 Å². The fourth-order valence-electron chi connectivity index (χ4n) is 2.96. The molecule has 1 amide bonds. The van der Waals surface area contributed by atoms with E-state index in [1.165, 1.54) is 0 Å². The van der Waals surface area contributed by atoms with Crippen LogP contribution in [0.1, 0.15) is 41.5 Å². The molecule has 9 heteroatoms.